The second kappa shape index (κ2) is 5.70. The van der Waals surface area contributed by atoms with Gasteiger partial charge in [-0.2, -0.15) is 0 Å². The van der Waals surface area contributed by atoms with Crippen LogP contribution in [0.5, 0.6) is 0 Å². The lowest BCUT2D eigenvalue weighted by molar-refractivity contribution is -0.135. The summed E-state index contributed by atoms with van der Waals surface area (Å²) < 4.78 is 0. The molecule has 1 fully saturated rings. The van der Waals surface area contributed by atoms with Gasteiger partial charge < -0.3 is 10.2 Å². The first-order chi connectivity index (χ1) is 10.1. The molecule has 2 aliphatic rings. The molecule has 0 saturated carbocycles. The number of para-hydroxylation sites is 1. The first-order valence-electron chi connectivity index (χ1n) is 8.24. The summed E-state index contributed by atoms with van der Waals surface area (Å²) in [5.41, 5.74) is 2.75. The molecule has 0 aromatic heterocycles. The maximum Gasteiger partial charge on any atom is 0.230 e. The topological polar surface area (TPSA) is 32.3 Å². The molecule has 21 heavy (non-hydrogen) atoms. The molecule has 2 aliphatic heterocycles. The Morgan fingerprint density at radius 3 is 2.76 bits per heavy atom. The maximum atomic E-state index is 12.9. The Bertz CT molecular complexity index is 518. The minimum Gasteiger partial charge on any atom is -0.385 e. The number of carbonyl (C=O) groups is 1. The van der Waals surface area contributed by atoms with E-state index in [4.69, 9.17) is 0 Å². The van der Waals surface area contributed by atoms with Crippen LogP contribution in [0.4, 0.5) is 5.69 Å². The fourth-order valence-corrected chi connectivity index (χ4v) is 3.57. The van der Waals surface area contributed by atoms with Crippen LogP contribution in [0.3, 0.4) is 0 Å². The van der Waals surface area contributed by atoms with Crippen molar-refractivity contribution in [1.29, 1.82) is 0 Å². The highest BCUT2D eigenvalue weighted by Gasteiger charge is 2.34. The molecular weight excluding hydrogens is 260 g/mol. The largest absolute Gasteiger partial charge is 0.385 e. The highest BCUT2D eigenvalue weighted by atomic mass is 16.2. The van der Waals surface area contributed by atoms with Crippen LogP contribution in [-0.4, -0.2) is 30.4 Å². The van der Waals surface area contributed by atoms with Gasteiger partial charge in [0.1, 0.15) is 0 Å². The van der Waals surface area contributed by atoms with Gasteiger partial charge in [0.25, 0.3) is 0 Å². The third-order valence-corrected chi connectivity index (χ3v) is 5.52. The number of nitrogens with one attached hydrogen (secondary N) is 1. The SMILES string of the molecule is CCC1(C)CCN(C(=O)C2CCNc3ccccc32)CC1. The third-order valence-electron chi connectivity index (χ3n) is 5.52. The lowest BCUT2D eigenvalue weighted by Gasteiger charge is -2.40. The van der Waals surface area contributed by atoms with Crippen LogP contribution in [0.1, 0.15) is 51.0 Å². The summed E-state index contributed by atoms with van der Waals surface area (Å²) in [7, 11) is 0. The van der Waals surface area contributed by atoms with Crippen molar-refractivity contribution in [2.45, 2.75) is 45.4 Å². The van der Waals surface area contributed by atoms with Crippen molar-refractivity contribution in [2.75, 3.05) is 25.0 Å². The fraction of sp³-hybridized carbons (Fsp3) is 0.611. The molecule has 1 aromatic carbocycles. The first-order valence-corrected chi connectivity index (χ1v) is 8.24. The van der Waals surface area contributed by atoms with Gasteiger partial charge in [-0.3, -0.25) is 4.79 Å². The van der Waals surface area contributed by atoms with Gasteiger partial charge in [-0.1, -0.05) is 38.5 Å². The minimum absolute atomic E-state index is 0.0495. The molecule has 2 heterocycles. The van der Waals surface area contributed by atoms with Crippen LogP contribution >= 0.6 is 0 Å². The van der Waals surface area contributed by atoms with Crippen molar-refractivity contribution >= 4 is 11.6 Å². The van der Waals surface area contributed by atoms with E-state index in [2.05, 4.69) is 36.2 Å². The van der Waals surface area contributed by atoms with Crippen molar-refractivity contribution in [2.24, 2.45) is 5.41 Å². The zero-order valence-electron chi connectivity index (χ0n) is 13.2. The molecule has 1 unspecified atom stereocenters. The second-order valence-corrected chi connectivity index (χ2v) is 6.84. The van der Waals surface area contributed by atoms with Crippen molar-refractivity contribution in [3.63, 3.8) is 0 Å². The summed E-state index contributed by atoms with van der Waals surface area (Å²) in [5.74, 6) is 0.385. The first kappa shape index (κ1) is 14.4. The lowest BCUT2D eigenvalue weighted by Crippen LogP contribution is -2.44. The van der Waals surface area contributed by atoms with Gasteiger partial charge in [0, 0.05) is 25.3 Å². The van der Waals surface area contributed by atoms with Crippen LogP contribution in [0.2, 0.25) is 0 Å². The van der Waals surface area contributed by atoms with E-state index in [0.29, 0.717) is 11.3 Å². The summed E-state index contributed by atoms with van der Waals surface area (Å²) in [5, 5.41) is 3.40. The molecule has 0 radical (unpaired) electrons. The van der Waals surface area contributed by atoms with Crippen LogP contribution in [0.15, 0.2) is 24.3 Å². The predicted molar refractivity (Wildman–Crippen MR) is 86.5 cm³/mol. The summed E-state index contributed by atoms with van der Waals surface area (Å²) in [4.78, 5) is 15.0. The molecular formula is C18H26N2O. The zero-order chi connectivity index (χ0) is 14.9. The third kappa shape index (κ3) is 2.78. The van der Waals surface area contributed by atoms with E-state index < -0.39 is 0 Å². The van der Waals surface area contributed by atoms with E-state index in [9.17, 15) is 4.79 Å². The van der Waals surface area contributed by atoms with Gasteiger partial charge in [0.15, 0.2) is 0 Å². The van der Waals surface area contributed by atoms with E-state index in [1.807, 2.05) is 12.1 Å². The molecule has 0 bridgehead atoms. The Hall–Kier alpha value is -1.51. The number of likely N-dealkylation sites (tertiary alicyclic amines) is 1. The quantitative estimate of drug-likeness (QED) is 0.900. The number of carbonyl (C=O) groups excluding carboxylic acids is 1. The summed E-state index contributed by atoms with van der Waals surface area (Å²) in [6, 6.07) is 8.26. The van der Waals surface area contributed by atoms with Gasteiger partial charge in [0.05, 0.1) is 5.92 Å². The van der Waals surface area contributed by atoms with Crippen LogP contribution < -0.4 is 5.32 Å². The summed E-state index contributed by atoms with van der Waals surface area (Å²) >= 11 is 0. The maximum absolute atomic E-state index is 12.9. The van der Waals surface area contributed by atoms with Gasteiger partial charge in [-0.05, 0) is 36.3 Å². The number of rotatable bonds is 2. The second-order valence-electron chi connectivity index (χ2n) is 6.84. The van der Waals surface area contributed by atoms with E-state index in [0.717, 1.165) is 44.6 Å². The Morgan fingerprint density at radius 2 is 2.05 bits per heavy atom. The van der Waals surface area contributed by atoms with E-state index in [-0.39, 0.29) is 5.92 Å². The monoisotopic (exact) mass is 286 g/mol. The molecule has 0 spiro atoms. The van der Waals surface area contributed by atoms with Crippen molar-refractivity contribution in [3.05, 3.63) is 29.8 Å². The molecule has 3 nitrogen and oxygen atoms in total. The summed E-state index contributed by atoms with van der Waals surface area (Å²) in [6.45, 7) is 7.37. The molecule has 114 valence electrons. The molecule has 1 N–H and O–H groups in total. The number of hydrogen-bond donors (Lipinski definition) is 1. The zero-order valence-corrected chi connectivity index (χ0v) is 13.2. The van der Waals surface area contributed by atoms with Gasteiger partial charge in [-0.15, -0.1) is 0 Å². The van der Waals surface area contributed by atoms with Crippen LogP contribution in [-0.2, 0) is 4.79 Å². The average Bonchev–Trinajstić information content (AvgIpc) is 2.54. The lowest BCUT2D eigenvalue weighted by atomic mass is 9.78. The van der Waals surface area contributed by atoms with Crippen molar-refractivity contribution in [3.8, 4) is 0 Å². The standard InChI is InChI=1S/C18H26N2O/c1-3-18(2)9-12-20(13-10-18)17(21)15-8-11-19-16-7-5-4-6-14(15)16/h4-7,15,19H,3,8-13H2,1-2H3. The molecule has 1 amide bonds. The highest BCUT2D eigenvalue weighted by molar-refractivity contribution is 5.86. The number of piperidine rings is 1. The number of fused-ring (bicyclic) bond motifs is 1. The van der Waals surface area contributed by atoms with Gasteiger partial charge in [0.2, 0.25) is 5.91 Å². The average molecular weight is 286 g/mol. The Labute approximate surface area is 127 Å². The number of hydrogen-bond acceptors (Lipinski definition) is 2. The number of anilines is 1. The summed E-state index contributed by atoms with van der Waals surface area (Å²) in [6.07, 6.45) is 4.41. The molecule has 1 saturated heterocycles. The highest BCUT2D eigenvalue weighted by Crippen LogP contribution is 2.37. The fourth-order valence-electron chi connectivity index (χ4n) is 3.57. The van der Waals surface area contributed by atoms with Gasteiger partial charge >= 0.3 is 0 Å². The van der Waals surface area contributed by atoms with Crippen LogP contribution in [0.25, 0.3) is 0 Å². The van der Waals surface area contributed by atoms with E-state index in [1.165, 1.54) is 12.0 Å². The Balaban J connectivity index is 1.73. The van der Waals surface area contributed by atoms with Crippen molar-refractivity contribution < 1.29 is 4.79 Å². The Kier molecular flexibility index (Phi) is 3.92. The molecule has 0 aliphatic carbocycles. The number of benzene rings is 1. The molecule has 3 rings (SSSR count). The number of nitrogens with zero attached hydrogens (tertiary/aromatic N) is 1. The van der Waals surface area contributed by atoms with Gasteiger partial charge in [-0.25, -0.2) is 0 Å². The minimum atomic E-state index is 0.0495. The van der Waals surface area contributed by atoms with E-state index in [1.54, 1.807) is 0 Å². The molecule has 1 atom stereocenters. The normalized spacial score (nSPS) is 24.1. The van der Waals surface area contributed by atoms with Crippen LogP contribution in [0, 0.1) is 5.41 Å². The van der Waals surface area contributed by atoms with Crippen molar-refractivity contribution in [1.82, 2.24) is 4.90 Å². The molecule has 1 aromatic rings. The van der Waals surface area contributed by atoms with E-state index >= 15 is 0 Å². The smallest absolute Gasteiger partial charge is 0.230 e. The predicted octanol–water partition coefficient (Wildman–Crippen LogP) is 3.62. The number of amides is 1. The Morgan fingerprint density at radius 1 is 1.33 bits per heavy atom. The molecule has 3 heteroatoms.